The SMILES string of the molecule is CC[C@H]1OC(=O)[C@H](C)[C@@H](O[C@H]2C[C@@](C)(OC)[C@@H](O)[C@H](C)O2)[C@H](C)[C@@H](O[C@@H]2O[C@H](C)C[C@H](N(C)C)[C@H]2O)[C@](C)(OC)C[C@@H](C)C(=O)[C@H](C)[C@@H](O)[C@]1(C)O.COc1ccnc(CS(=O)c2nc3ccc(OC(F)F)cc3[nH]2)c1OC.O=C1OCCN1/N=C/c1ccc([N+](=O)[O-])o1. The van der Waals surface area contributed by atoms with Crippen molar-refractivity contribution in [3.05, 3.63) is 64.2 Å². The van der Waals surface area contributed by atoms with Crippen LogP contribution in [0.4, 0.5) is 19.5 Å². The fourth-order valence-electron chi connectivity index (χ4n) is 12.1. The van der Waals surface area contributed by atoms with Gasteiger partial charge in [-0.2, -0.15) is 18.9 Å². The van der Waals surface area contributed by atoms with Crippen LogP contribution in [0.15, 0.2) is 57.3 Å². The maximum Gasteiger partial charge on any atom is 0.433 e. The number of furan rings is 1. The zero-order valence-electron chi connectivity index (χ0n) is 55.8. The summed E-state index contributed by atoms with van der Waals surface area (Å²) in [6, 6.07) is 8.21. The minimum atomic E-state index is -2.92. The van der Waals surface area contributed by atoms with Gasteiger partial charge in [0.15, 0.2) is 35.0 Å². The monoisotopic (exact) mass is 1360 g/mol. The predicted octanol–water partition coefficient (Wildman–Crippen LogP) is 6.30. The molecule has 4 aliphatic rings. The highest BCUT2D eigenvalue weighted by Crippen LogP contribution is 2.42. The summed E-state index contributed by atoms with van der Waals surface area (Å²) in [5.41, 5.74) is -2.86. The van der Waals surface area contributed by atoms with E-state index < -0.39 is 130 Å². The minimum Gasteiger partial charge on any atom is -0.493 e. The van der Waals surface area contributed by atoms with Crippen molar-refractivity contribution in [1.82, 2.24) is 24.9 Å². The topological polar surface area (TPSA) is 367 Å². The van der Waals surface area contributed by atoms with Gasteiger partial charge < -0.3 is 86.8 Å². The lowest BCUT2D eigenvalue weighted by Crippen LogP contribution is -2.61. The number of aromatic amines is 1. The van der Waals surface area contributed by atoms with Gasteiger partial charge in [-0.05, 0) is 93.1 Å². The van der Waals surface area contributed by atoms with E-state index in [4.69, 9.17) is 47.0 Å². The summed E-state index contributed by atoms with van der Waals surface area (Å²) in [5, 5.41) is 60.9. The number of Topliss-reactive ketones (excluding diaryl/α,β-unsaturated/α-hetero) is 1. The van der Waals surface area contributed by atoms with Gasteiger partial charge >= 0.3 is 24.6 Å². The van der Waals surface area contributed by atoms with Crippen molar-refractivity contribution in [2.45, 2.75) is 197 Å². The molecule has 0 bridgehead atoms. The lowest BCUT2D eigenvalue weighted by molar-refractivity contribution is -0.402. The van der Waals surface area contributed by atoms with Crippen LogP contribution < -0.4 is 14.2 Å². The van der Waals surface area contributed by atoms with Gasteiger partial charge in [0.1, 0.15) is 47.0 Å². The summed E-state index contributed by atoms with van der Waals surface area (Å²) < 4.78 is 105. The summed E-state index contributed by atoms with van der Waals surface area (Å²) in [5.74, 6) is -3.73. The van der Waals surface area contributed by atoms with Gasteiger partial charge in [0, 0.05) is 62.8 Å². The van der Waals surface area contributed by atoms with Crippen LogP contribution in [-0.4, -0.2) is 225 Å². The normalized spacial score (nSPS) is 33.2. The molecule has 8 rings (SSSR count). The lowest BCUT2D eigenvalue weighted by Gasteiger charge is -2.50. The molecule has 1 aromatic carbocycles. The van der Waals surface area contributed by atoms with Crippen molar-refractivity contribution in [3.63, 3.8) is 0 Å². The molecule has 4 saturated heterocycles. The molecule has 5 N–H and O–H groups in total. The van der Waals surface area contributed by atoms with Crippen LogP contribution in [-0.2, 0) is 64.0 Å². The van der Waals surface area contributed by atoms with Crippen LogP contribution in [0.5, 0.6) is 17.2 Å². The number of imidazole rings is 1. The molecule has 0 saturated carbocycles. The van der Waals surface area contributed by atoms with Gasteiger partial charge in [-0.25, -0.2) is 9.78 Å². The molecule has 4 fully saturated rings. The summed E-state index contributed by atoms with van der Waals surface area (Å²) in [6.07, 6.45) is -6.52. The third kappa shape index (κ3) is 18.4. The largest absolute Gasteiger partial charge is 0.493 e. The number of hydrogen-bond donors (Lipinski definition) is 5. The molecule has 4 aromatic rings. The van der Waals surface area contributed by atoms with Crippen molar-refractivity contribution in [3.8, 4) is 17.2 Å². The lowest BCUT2D eigenvalue weighted by atomic mass is 9.74. The standard InChI is InChI=1S/C38H69NO13.C16H15F2N3O4S.C8H7N3O5/c1-15-26-38(10,45)31(42)21(4)28(40)19(2)17-37(9,47-14)33(52-35-29(41)25(39(11)12)16-20(3)48-35)22(5)30(23(6)34(44)50-26)51-27-18-36(8,46-13)32(43)24(7)49-27;1-23-13-5-6-19-12(14(13)24-2)8-26(22)16-20-10-4-3-9(25-15(17)18)7-11(10)21-16;12-8-10(3-4-15-8)9-5-6-1-2-7(16-6)11(13)14/h19-27,29-33,35,41-43,45H,15-18H2,1-14H3;3-7,15H,8H2,1-2H3,(H,20,21);1-2,5H,3-4H2/b;;9-5+/t19-,20-,21+,22+,23-,24+,25+,26-,27+,29-,30+,31-,32+,33-,35+,36-,37-,38-;;/m1../s1. The van der Waals surface area contributed by atoms with Crippen LogP contribution in [0, 0.1) is 33.8 Å². The van der Waals surface area contributed by atoms with Gasteiger partial charge in [-0.1, -0.05) is 27.7 Å². The van der Waals surface area contributed by atoms with Crippen LogP contribution in [0.2, 0.25) is 0 Å². The quantitative estimate of drug-likeness (QED) is 0.0316. The Hall–Kier alpha value is -6.43. The number of hydrazone groups is 1. The number of benzene rings is 1. The van der Waals surface area contributed by atoms with Gasteiger partial charge in [0.25, 0.3) is 0 Å². The number of carbonyl (C=O) groups excluding carboxylic acids is 3. The molecule has 19 atom stereocenters. The number of fused-ring (bicyclic) bond motifs is 1. The number of cyclic esters (lactones) is 2. The van der Waals surface area contributed by atoms with E-state index >= 15 is 0 Å². The van der Waals surface area contributed by atoms with Crippen molar-refractivity contribution in [2.24, 2.45) is 28.8 Å². The number of ether oxygens (including phenoxy) is 11. The molecule has 526 valence electrons. The van der Waals surface area contributed by atoms with E-state index in [1.165, 1.54) is 78.1 Å². The summed E-state index contributed by atoms with van der Waals surface area (Å²) in [6.45, 7) is 14.8. The molecule has 7 heterocycles. The Morgan fingerprint density at radius 1 is 0.936 bits per heavy atom. The van der Waals surface area contributed by atoms with E-state index in [0.717, 1.165) is 5.01 Å². The Morgan fingerprint density at radius 2 is 1.63 bits per heavy atom. The number of alkyl halides is 2. The number of amides is 1. The van der Waals surface area contributed by atoms with E-state index in [1.54, 1.807) is 54.5 Å². The molecular formula is C62H91F2N7O22S. The predicted molar refractivity (Wildman–Crippen MR) is 332 cm³/mol. The number of hydrogen-bond acceptors (Lipinski definition) is 26. The highest BCUT2D eigenvalue weighted by molar-refractivity contribution is 7.84. The number of pyridine rings is 1. The van der Waals surface area contributed by atoms with E-state index in [-0.39, 0.29) is 72.1 Å². The number of aliphatic hydroxyl groups is 4. The highest BCUT2D eigenvalue weighted by atomic mass is 32.2. The number of aromatic nitrogens is 3. The van der Waals surface area contributed by atoms with Gasteiger partial charge in [0.2, 0.25) is 0 Å². The molecular weight excluding hydrogens is 1260 g/mol. The van der Waals surface area contributed by atoms with Crippen molar-refractivity contribution < 1.29 is 109 Å². The first-order chi connectivity index (χ1) is 44.2. The number of likely N-dealkylation sites (N-methyl/N-ethyl adjacent to an activating group) is 1. The summed E-state index contributed by atoms with van der Waals surface area (Å²) >= 11 is 0. The Morgan fingerprint density at radius 3 is 2.21 bits per heavy atom. The van der Waals surface area contributed by atoms with Crippen molar-refractivity contribution in [2.75, 3.05) is 55.7 Å². The number of nitrogens with one attached hydrogen (secondary N) is 1. The maximum atomic E-state index is 14.2. The fourth-order valence-corrected chi connectivity index (χ4v) is 13.1. The molecule has 0 aliphatic carbocycles. The fraction of sp³-hybridized carbons (Fsp3) is 0.677. The number of ketones is 1. The number of nitro groups is 1. The molecule has 1 unspecified atom stereocenters. The molecule has 1 amide bonds. The molecule has 0 spiro atoms. The first-order valence-electron chi connectivity index (χ1n) is 30.7. The number of H-pyrrole nitrogens is 1. The Labute approximate surface area is 546 Å². The van der Waals surface area contributed by atoms with E-state index in [2.05, 4.69) is 29.5 Å². The van der Waals surface area contributed by atoms with Crippen molar-refractivity contribution >= 4 is 51.8 Å². The van der Waals surface area contributed by atoms with E-state index in [0.29, 0.717) is 41.2 Å². The highest BCUT2D eigenvalue weighted by Gasteiger charge is 2.54. The first-order valence-corrected chi connectivity index (χ1v) is 32.0. The third-order valence-corrected chi connectivity index (χ3v) is 18.8. The van der Waals surface area contributed by atoms with Gasteiger partial charge in [-0.15, -0.1) is 0 Å². The van der Waals surface area contributed by atoms with Gasteiger partial charge in [0.05, 0.1) is 114 Å². The second-order valence-electron chi connectivity index (χ2n) is 24.6. The number of nitrogens with zero attached hydrogens (tertiary/aromatic N) is 6. The van der Waals surface area contributed by atoms with Gasteiger partial charge in [-0.3, -0.25) is 28.9 Å². The second-order valence-corrected chi connectivity index (χ2v) is 26.0. The molecule has 32 heteroatoms. The molecule has 0 radical (unpaired) electrons. The zero-order valence-corrected chi connectivity index (χ0v) is 56.6. The molecule has 3 aromatic heterocycles. The smallest absolute Gasteiger partial charge is 0.433 e. The first kappa shape index (κ1) is 76.6. The van der Waals surface area contributed by atoms with E-state index in [1.807, 2.05) is 32.8 Å². The molecule has 94 heavy (non-hydrogen) atoms. The maximum absolute atomic E-state index is 14.2. The van der Waals surface area contributed by atoms with Crippen LogP contribution in [0.25, 0.3) is 11.0 Å². The molecule has 4 aliphatic heterocycles. The third-order valence-electron chi connectivity index (χ3n) is 17.6. The average molecular weight is 1360 g/mol. The van der Waals surface area contributed by atoms with Crippen LogP contribution in [0.3, 0.4) is 0 Å². The average Bonchev–Trinajstić information content (AvgIpc) is 1.05. The Balaban J connectivity index is 0.000000271. The molecule has 29 nitrogen and oxygen atoms in total. The minimum absolute atomic E-state index is 0.00962. The van der Waals surface area contributed by atoms with Crippen LogP contribution >= 0.6 is 0 Å². The number of aliphatic hydroxyl groups excluding tert-OH is 3. The van der Waals surface area contributed by atoms with E-state index in [9.17, 15) is 57.9 Å². The Kier molecular flexibility index (Phi) is 26.9. The Bertz CT molecular complexity index is 3230. The van der Waals surface area contributed by atoms with Crippen molar-refractivity contribution in [1.29, 1.82) is 0 Å². The number of methoxy groups -OCH3 is 4. The summed E-state index contributed by atoms with van der Waals surface area (Å²) in [4.78, 5) is 62.0. The van der Waals surface area contributed by atoms with Crippen LogP contribution in [0.1, 0.15) is 106 Å². The number of halogens is 2. The zero-order chi connectivity index (χ0) is 69.9. The number of rotatable bonds is 18. The number of esters is 1. The second kappa shape index (κ2) is 33.0. The summed E-state index contributed by atoms with van der Waals surface area (Å²) in [7, 11) is 8.17. The number of carbonyl (C=O) groups is 3.